The number of nitrogens with zero attached hydrogens (tertiary/aromatic N) is 4. The summed E-state index contributed by atoms with van der Waals surface area (Å²) in [5, 5.41) is 3.71. The predicted octanol–water partition coefficient (Wildman–Crippen LogP) is 5.32. The molecule has 6 nitrogen and oxygen atoms in total. The fraction of sp³-hybridized carbons (Fsp3) is 0.500. The summed E-state index contributed by atoms with van der Waals surface area (Å²) < 4.78 is 78.6. The second-order valence-electron chi connectivity index (χ2n) is 10.9. The van der Waals surface area contributed by atoms with Gasteiger partial charge < -0.3 is 19.9 Å². The predicted molar refractivity (Wildman–Crippen MR) is 138 cm³/mol. The molecule has 1 aromatic heterocycles. The minimum absolute atomic E-state index is 0.0269. The van der Waals surface area contributed by atoms with E-state index in [1.165, 1.54) is 13.0 Å². The molecule has 2 bridgehead atoms. The third kappa shape index (κ3) is 4.80. The molecule has 0 radical (unpaired) electrons. The number of fused-ring (bicyclic) bond motifs is 3. The number of hydrogen-bond acceptors (Lipinski definition) is 6. The molecule has 208 valence electrons. The highest BCUT2D eigenvalue weighted by Gasteiger charge is 2.36. The van der Waals surface area contributed by atoms with Crippen LogP contribution in [-0.4, -0.2) is 66.3 Å². The van der Waals surface area contributed by atoms with E-state index in [0.717, 1.165) is 50.4 Å². The lowest BCUT2D eigenvalue weighted by atomic mass is 9.94. The maximum absolute atomic E-state index is 16.2. The van der Waals surface area contributed by atoms with Crippen molar-refractivity contribution in [3.63, 3.8) is 0 Å². The van der Waals surface area contributed by atoms with E-state index in [1.54, 1.807) is 0 Å². The SMILES string of the molecule is Cc1c(-c2c(F)cc3c(N4C[C@H]5CC[C@@H](C4)N5)nc(OC[C@@H]4CCCN4C)nc3c2F)cccc1C(F)(F)F. The number of likely N-dealkylation sites (N-methyl/N-ethyl adjacent to an activating group) is 1. The van der Waals surface area contributed by atoms with Crippen molar-refractivity contribution in [2.75, 3.05) is 38.2 Å². The van der Waals surface area contributed by atoms with Crippen molar-refractivity contribution in [1.82, 2.24) is 20.2 Å². The number of likely N-dealkylation sites (tertiary alicyclic amines) is 1. The quantitative estimate of drug-likeness (QED) is 0.437. The highest BCUT2D eigenvalue weighted by molar-refractivity contribution is 5.94. The average molecular weight is 548 g/mol. The van der Waals surface area contributed by atoms with E-state index in [9.17, 15) is 13.2 Å². The van der Waals surface area contributed by atoms with Crippen molar-refractivity contribution in [2.45, 2.75) is 56.9 Å². The van der Waals surface area contributed by atoms with Crippen molar-refractivity contribution >= 4 is 16.7 Å². The van der Waals surface area contributed by atoms with Gasteiger partial charge in [0.25, 0.3) is 0 Å². The largest absolute Gasteiger partial charge is 0.462 e. The van der Waals surface area contributed by atoms with Crippen molar-refractivity contribution in [1.29, 1.82) is 0 Å². The second kappa shape index (κ2) is 9.85. The number of halogens is 5. The lowest BCUT2D eigenvalue weighted by molar-refractivity contribution is -0.138. The second-order valence-corrected chi connectivity index (χ2v) is 10.9. The highest BCUT2D eigenvalue weighted by Crippen LogP contribution is 2.41. The van der Waals surface area contributed by atoms with Crippen LogP contribution < -0.4 is 15.0 Å². The lowest BCUT2D eigenvalue weighted by Crippen LogP contribution is -2.51. The van der Waals surface area contributed by atoms with Crippen LogP contribution in [0.5, 0.6) is 6.01 Å². The molecule has 3 aliphatic rings. The summed E-state index contributed by atoms with van der Waals surface area (Å²) >= 11 is 0. The van der Waals surface area contributed by atoms with E-state index < -0.39 is 28.9 Å². The Morgan fingerprint density at radius 2 is 1.82 bits per heavy atom. The van der Waals surface area contributed by atoms with Gasteiger partial charge in [-0.2, -0.15) is 23.1 Å². The summed E-state index contributed by atoms with van der Waals surface area (Å²) in [5.74, 6) is -1.62. The van der Waals surface area contributed by atoms with Crippen LogP contribution in [0.2, 0.25) is 0 Å². The molecule has 0 saturated carbocycles. The van der Waals surface area contributed by atoms with Crippen LogP contribution >= 0.6 is 0 Å². The smallest absolute Gasteiger partial charge is 0.416 e. The molecule has 0 aliphatic carbocycles. The van der Waals surface area contributed by atoms with E-state index in [4.69, 9.17) is 4.74 Å². The van der Waals surface area contributed by atoms with Crippen LogP contribution in [0.3, 0.4) is 0 Å². The number of alkyl halides is 3. The fourth-order valence-electron chi connectivity index (χ4n) is 6.26. The molecule has 3 aromatic rings. The third-order valence-electron chi connectivity index (χ3n) is 8.34. The zero-order chi connectivity index (χ0) is 27.5. The van der Waals surface area contributed by atoms with Gasteiger partial charge in [-0.15, -0.1) is 0 Å². The molecule has 2 aromatic carbocycles. The molecule has 39 heavy (non-hydrogen) atoms. The normalized spacial score (nSPS) is 23.7. The van der Waals surface area contributed by atoms with Gasteiger partial charge in [0.2, 0.25) is 0 Å². The lowest BCUT2D eigenvalue weighted by Gasteiger charge is -2.34. The van der Waals surface area contributed by atoms with Gasteiger partial charge in [0, 0.05) is 36.6 Å². The Morgan fingerprint density at radius 1 is 1.08 bits per heavy atom. The standard InChI is InChI=1S/C28H30F5N5O/c1-15-19(6-3-7-21(15)28(31,32)33)23-22(29)11-20-25(24(23)30)35-27(39-14-18-5-4-10-37(18)2)36-26(20)38-12-16-8-9-17(13-38)34-16/h3,6-7,11,16-18,34H,4-5,8-10,12-14H2,1-2H3/t16-,17+,18-/m0/s1. The van der Waals surface area contributed by atoms with E-state index in [2.05, 4.69) is 20.2 Å². The molecule has 0 spiro atoms. The third-order valence-corrected chi connectivity index (χ3v) is 8.34. The summed E-state index contributed by atoms with van der Waals surface area (Å²) in [6.07, 6.45) is -0.649. The van der Waals surface area contributed by atoms with Gasteiger partial charge in [-0.25, -0.2) is 8.78 Å². The van der Waals surface area contributed by atoms with Gasteiger partial charge in [-0.1, -0.05) is 12.1 Å². The molecule has 11 heteroatoms. The first-order chi connectivity index (χ1) is 18.6. The first kappa shape index (κ1) is 26.2. The summed E-state index contributed by atoms with van der Waals surface area (Å²) in [5.41, 5.74) is -2.08. The molecule has 4 heterocycles. The number of nitrogens with one attached hydrogen (secondary N) is 1. The molecule has 3 saturated heterocycles. The first-order valence-corrected chi connectivity index (χ1v) is 13.3. The molecular formula is C28H30F5N5O. The van der Waals surface area contributed by atoms with Crippen molar-refractivity contribution in [2.24, 2.45) is 0 Å². The summed E-state index contributed by atoms with van der Waals surface area (Å²) in [6.45, 7) is 3.72. The Balaban J connectivity index is 1.48. The Hall–Kier alpha value is -3.05. The maximum Gasteiger partial charge on any atom is 0.416 e. The summed E-state index contributed by atoms with van der Waals surface area (Å²) in [7, 11) is 2.01. The average Bonchev–Trinajstić information content (AvgIpc) is 3.46. The van der Waals surface area contributed by atoms with Gasteiger partial charge >= 0.3 is 12.2 Å². The number of piperazine rings is 1. The minimum atomic E-state index is -4.66. The van der Waals surface area contributed by atoms with Crippen LogP contribution in [0.15, 0.2) is 24.3 Å². The number of aromatic nitrogens is 2. The maximum atomic E-state index is 16.2. The fourth-order valence-corrected chi connectivity index (χ4v) is 6.26. The van der Waals surface area contributed by atoms with Crippen molar-refractivity contribution in [3.8, 4) is 17.1 Å². The monoisotopic (exact) mass is 547 g/mol. The molecule has 3 fully saturated rings. The highest BCUT2D eigenvalue weighted by atomic mass is 19.4. The number of hydrogen-bond donors (Lipinski definition) is 1. The van der Waals surface area contributed by atoms with Crippen LogP contribution in [0, 0.1) is 18.6 Å². The van der Waals surface area contributed by atoms with Crippen molar-refractivity contribution < 1.29 is 26.7 Å². The van der Waals surface area contributed by atoms with Crippen LogP contribution in [-0.2, 0) is 6.18 Å². The van der Waals surface area contributed by atoms with Crippen LogP contribution in [0.1, 0.15) is 36.8 Å². The molecule has 0 amide bonds. The van der Waals surface area contributed by atoms with Gasteiger partial charge in [-0.3, -0.25) is 0 Å². The molecule has 1 N–H and O–H groups in total. The first-order valence-electron chi connectivity index (χ1n) is 13.3. The van der Waals surface area contributed by atoms with E-state index >= 15 is 8.78 Å². The Bertz CT molecular complexity index is 1400. The zero-order valence-electron chi connectivity index (χ0n) is 21.8. The number of ether oxygens (including phenoxy) is 1. The Labute approximate surface area is 223 Å². The zero-order valence-corrected chi connectivity index (χ0v) is 21.8. The Morgan fingerprint density at radius 3 is 2.49 bits per heavy atom. The van der Waals surface area contributed by atoms with Crippen LogP contribution in [0.4, 0.5) is 27.8 Å². The van der Waals surface area contributed by atoms with Gasteiger partial charge in [0.05, 0.1) is 11.1 Å². The molecular weight excluding hydrogens is 517 g/mol. The number of anilines is 1. The molecule has 0 unspecified atom stereocenters. The van der Waals surface area contributed by atoms with E-state index in [-0.39, 0.29) is 46.2 Å². The molecule has 3 aliphatic heterocycles. The van der Waals surface area contributed by atoms with E-state index in [1.807, 2.05) is 11.9 Å². The van der Waals surface area contributed by atoms with E-state index in [0.29, 0.717) is 25.5 Å². The van der Waals surface area contributed by atoms with Crippen LogP contribution in [0.25, 0.3) is 22.0 Å². The number of benzene rings is 2. The molecule has 3 atom stereocenters. The van der Waals surface area contributed by atoms with Gasteiger partial charge in [0.15, 0.2) is 5.82 Å². The number of rotatable bonds is 5. The van der Waals surface area contributed by atoms with Crippen molar-refractivity contribution in [3.05, 3.63) is 47.0 Å². The minimum Gasteiger partial charge on any atom is -0.462 e. The summed E-state index contributed by atoms with van der Waals surface area (Å²) in [6, 6.07) is 5.12. The van der Waals surface area contributed by atoms with Gasteiger partial charge in [-0.05, 0) is 69.5 Å². The Kier molecular flexibility index (Phi) is 6.61. The topological polar surface area (TPSA) is 53.5 Å². The summed E-state index contributed by atoms with van der Waals surface area (Å²) in [4.78, 5) is 13.1. The van der Waals surface area contributed by atoms with Gasteiger partial charge in [0.1, 0.15) is 23.8 Å². The molecule has 6 rings (SSSR count).